The number of aromatic hydroxyl groups is 1. The second-order valence-corrected chi connectivity index (χ2v) is 4.01. The second kappa shape index (κ2) is 3.25. The van der Waals surface area contributed by atoms with Crippen LogP contribution in [0.5, 0.6) is 11.5 Å². The number of halogens is 2. The number of methoxy groups -OCH3 is 1. The van der Waals surface area contributed by atoms with E-state index >= 15 is 0 Å². The molecule has 15 heavy (non-hydrogen) atoms. The van der Waals surface area contributed by atoms with Gasteiger partial charge in [-0.15, -0.1) is 0 Å². The van der Waals surface area contributed by atoms with Gasteiger partial charge in [0.05, 0.1) is 12.7 Å². The minimum Gasteiger partial charge on any atom is -0.504 e. The fourth-order valence-electron chi connectivity index (χ4n) is 1.52. The van der Waals surface area contributed by atoms with Gasteiger partial charge in [-0.1, -0.05) is 11.6 Å². The predicted octanol–water partition coefficient (Wildman–Crippen LogP) is 2.17. The van der Waals surface area contributed by atoms with Gasteiger partial charge in [-0.3, -0.25) is 0 Å². The van der Waals surface area contributed by atoms with Crippen molar-refractivity contribution in [2.24, 2.45) is 0 Å². The summed E-state index contributed by atoms with van der Waals surface area (Å²) in [5.41, 5.74) is -0.755. The van der Waals surface area contributed by atoms with Crippen LogP contribution in [0.4, 0.5) is 4.39 Å². The Morgan fingerprint density at radius 3 is 2.60 bits per heavy atom. The van der Waals surface area contributed by atoms with Gasteiger partial charge >= 0.3 is 0 Å². The maximum absolute atomic E-state index is 13.2. The van der Waals surface area contributed by atoms with E-state index in [-0.39, 0.29) is 10.8 Å². The van der Waals surface area contributed by atoms with Gasteiger partial charge in [0.25, 0.3) is 0 Å². The monoisotopic (exact) mass is 232 g/mol. The Bertz CT molecular complexity index is 416. The van der Waals surface area contributed by atoms with Crippen LogP contribution in [0, 0.1) is 5.82 Å². The molecule has 0 atom stereocenters. The highest BCUT2D eigenvalue weighted by atomic mass is 35.5. The second-order valence-electron chi connectivity index (χ2n) is 3.63. The molecule has 0 spiro atoms. The molecule has 0 saturated heterocycles. The summed E-state index contributed by atoms with van der Waals surface area (Å²) >= 11 is 5.71. The lowest BCUT2D eigenvalue weighted by Crippen LogP contribution is -2.08. The molecule has 0 heterocycles. The Labute approximate surface area is 91.1 Å². The Morgan fingerprint density at radius 2 is 2.13 bits per heavy atom. The minimum absolute atomic E-state index is 0.135. The third-order valence-electron chi connectivity index (χ3n) is 2.58. The van der Waals surface area contributed by atoms with Crippen molar-refractivity contribution in [3.63, 3.8) is 0 Å². The third kappa shape index (κ3) is 1.54. The van der Waals surface area contributed by atoms with Crippen molar-refractivity contribution in [2.45, 2.75) is 18.4 Å². The van der Waals surface area contributed by atoms with Crippen molar-refractivity contribution in [1.82, 2.24) is 0 Å². The number of rotatable bonds is 2. The zero-order chi connectivity index (χ0) is 11.2. The van der Waals surface area contributed by atoms with E-state index in [1.165, 1.54) is 7.11 Å². The number of aliphatic hydroxyl groups is 1. The van der Waals surface area contributed by atoms with E-state index in [0.717, 1.165) is 6.07 Å². The minimum atomic E-state index is -1.05. The average molecular weight is 233 g/mol. The van der Waals surface area contributed by atoms with Gasteiger partial charge in [0, 0.05) is 5.56 Å². The molecular formula is C10H10ClFO3. The largest absolute Gasteiger partial charge is 0.504 e. The number of phenolic OH excluding ortho intramolecular Hbond substituents is 1. The van der Waals surface area contributed by atoms with Crippen molar-refractivity contribution in [1.29, 1.82) is 0 Å². The van der Waals surface area contributed by atoms with Crippen molar-refractivity contribution in [2.75, 3.05) is 7.11 Å². The van der Waals surface area contributed by atoms with Gasteiger partial charge in [0.15, 0.2) is 11.6 Å². The lowest BCUT2D eigenvalue weighted by Gasteiger charge is -2.15. The summed E-state index contributed by atoms with van der Waals surface area (Å²) < 4.78 is 18.2. The molecule has 0 amide bonds. The third-order valence-corrected chi connectivity index (χ3v) is 2.93. The summed E-state index contributed by atoms with van der Waals surface area (Å²) in [7, 11) is 1.35. The first-order valence-corrected chi connectivity index (χ1v) is 4.85. The van der Waals surface area contributed by atoms with Crippen LogP contribution in [0.3, 0.4) is 0 Å². The molecule has 82 valence electrons. The van der Waals surface area contributed by atoms with Crippen molar-refractivity contribution < 1.29 is 19.3 Å². The molecule has 0 aliphatic heterocycles. The maximum atomic E-state index is 13.2. The average Bonchev–Trinajstić information content (AvgIpc) is 2.94. The predicted molar refractivity (Wildman–Crippen MR) is 52.8 cm³/mol. The van der Waals surface area contributed by atoms with Crippen LogP contribution in [0.15, 0.2) is 6.07 Å². The Kier molecular flexibility index (Phi) is 2.28. The summed E-state index contributed by atoms with van der Waals surface area (Å²) in [6.07, 6.45) is 1.09. The molecule has 3 nitrogen and oxygen atoms in total. The fourth-order valence-corrected chi connectivity index (χ4v) is 1.79. The summed E-state index contributed by atoms with van der Waals surface area (Å²) in [5.74, 6) is -1.37. The highest BCUT2D eigenvalue weighted by Crippen LogP contribution is 2.52. The van der Waals surface area contributed by atoms with Gasteiger partial charge < -0.3 is 14.9 Å². The van der Waals surface area contributed by atoms with Crippen molar-refractivity contribution in [3.8, 4) is 11.5 Å². The molecule has 1 aromatic carbocycles. The van der Waals surface area contributed by atoms with Crippen LogP contribution in [0.1, 0.15) is 18.4 Å². The molecule has 2 rings (SSSR count). The molecule has 5 heteroatoms. The first-order chi connectivity index (χ1) is 6.99. The van der Waals surface area contributed by atoms with E-state index in [4.69, 9.17) is 16.3 Å². The lowest BCUT2D eigenvalue weighted by molar-refractivity contribution is 0.146. The zero-order valence-electron chi connectivity index (χ0n) is 8.05. The van der Waals surface area contributed by atoms with Crippen molar-refractivity contribution in [3.05, 3.63) is 22.5 Å². The summed E-state index contributed by atoms with van der Waals surface area (Å²) in [4.78, 5) is 0. The molecule has 1 saturated carbocycles. The molecular weight excluding hydrogens is 223 g/mol. The van der Waals surface area contributed by atoms with E-state index in [2.05, 4.69) is 0 Å². The maximum Gasteiger partial charge on any atom is 0.174 e. The Morgan fingerprint density at radius 1 is 1.53 bits per heavy atom. The van der Waals surface area contributed by atoms with E-state index < -0.39 is 17.2 Å². The van der Waals surface area contributed by atoms with Crippen LogP contribution in [-0.4, -0.2) is 17.3 Å². The summed E-state index contributed by atoms with van der Waals surface area (Å²) in [5, 5.41) is 18.9. The number of hydrogen-bond donors (Lipinski definition) is 2. The molecule has 2 N–H and O–H groups in total. The fraction of sp³-hybridized carbons (Fsp3) is 0.400. The van der Waals surface area contributed by atoms with Gasteiger partial charge in [0.1, 0.15) is 10.8 Å². The summed E-state index contributed by atoms with van der Waals surface area (Å²) in [6, 6.07) is 1.06. The quantitative estimate of drug-likeness (QED) is 0.822. The molecule has 1 aromatic rings. The molecule has 0 unspecified atom stereocenters. The van der Waals surface area contributed by atoms with Crippen molar-refractivity contribution >= 4 is 11.6 Å². The van der Waals surface area contributed by atoms with E-state index in [1.807, 2.05) is 0 Å². The molecule has 0 bridgehead atoms. The topological polar surface area (TPSA) is 49.7 Å². The molecule has 1 aliphatic carbocycles. The van der Waals surface area contributed by atoms with Gasteiger partial charge in [-0.05, 0) is 18.9 Å². The smallest absolute Gasteiger partial charge is 0.174 e. The van der Waals surface area contributed by atoms with Crippen LogP contribution in [0.2, 0.25) is 5.02 Å². The van der Waals surface area contributed by atoms with Gasteiger partial charge in [-0.25, -0.2) is 4.39 Å². The van der Waals surface area contributed by atoms with Crippen LogP contribution in [0.25, 0.3) is 0 Å². The first kappa shape index (κ1) is 10.5. The molecule has 1 fully saturated rings. The van der Waals surface area contributed by atoms with Gasteiger partial charge in [-0.2, -0.15) is 0 Å². The molecule has 0 radical (unpaired) electrons. The van der Waals surface area contributed by atoms with Crippen LogP contribution in [-0.2, 0) is 5.60 Å². The standard InChI is InChI=1S/C10H10ClFO3/c1-15-9-5(10(14)2-3-10)4-6(12)8(13)7(9)11/h4,13-14H,2-3H2,1H3. The van der Waals surface area contributed by atoms with Gasteiger partial charge in [0.2, 0.25) is 0 Å². The normalized spacial score (nSPS) is 17.6. The Balaban J connectivity index is 2.63. The number of ether oxygens (including phenoxy) is 1. The highest BCUT2D eigenvalue weighted by molar-refractivity contribution is 6.33. The zero-order valence-corrected chi connectivity index (χ0v) is 8.81. The molecule has 0 aromatic heterocycles. The highest BCUT2D eigenvalue weighted by Gasteiger charge is 2.45. The van der Waals surface area contributed by atoms with E-state index in [1.54, 1.807) is 0 Å². The SMILES string of the molecule is COc1c(C2(O)CC2)cc(F)c(O)c1Cl. The lowest BCUT2D eigenvalue weighted by atomic mass is 10.1. The molecule has 1 aliphatic rings. The van der Waals surface area contributed by atoms with E-state index in [9.17, 15) is 14.6 Å². The van der Waals surface area contributed by atoms with Crippen LogP contribution < -0.4 is 4.74 Å². The Hall–Kier alpha value is -1.00. The first-order valence-electron chi connectivity index (χ1n) is 4.47. The number of phenols is 1. The number of benzene rings is 1. The number of hydrogen-bond acceptors (Lipinski definition) is 3. The summed E-state index contributed by atoms with van der Waals surface area (Å²) in [6.45, 7) is 0. The van der Waals surface area contributed by atoms with E-state index in [0.29, 0.717) is 18.4 Å². The van der Waals surface area contributed by atoms with Crippen LogP contribution >= 0.6 is 11.6 Å².